The highest BCUT2D eigenvalue weighted by Gasteiger charge is 2.23. The van der Waals surface area contributed by atoms with E-state index in [1.54, 1.807) is 0 Å². The van der Waals surface area contributed by atoms with Gasteiger partial charge in [0.2, 0.25) is 0 Å². The summed E-state index contributed by atoms with van der Waals surface area (Å²) in [4.78, 5) is 23.3. The summed E-state index contributed by atoms with van der Waals surface area (Å²) >= 11 is 6.07. The highest BCUT2D eigenvalue weighted by Crippen LogP contribution is 2.34. The zero-order valence-electron chi connectivity index (χ0n) is 11.6. The van der Waals surface area contributed by atoms with Gasteiger partial charge in [-0.15, -0.1) is 0 Å². The Kier molecular flexibility index (Phi) is 5.33. The fourth-order valence-corrected chi connectivity index (χ4v) is 2.33. The van der Waals surface area contributed by atoms with Crippen molar-refractivity contribution in [2.24, 2.45) is 5.92 Å². The molecule has 0 radical (unpaired) electrons. The Morgan fingerprint density at radius 2 is 2.10 bits per heavy atom. The fourth-order valence-electron chi connectivity index (χ4n) is 1.99. The van der Waals surface area contributed by atoms with Gasteiger partial charge in [0.1, 0.15) is 0 Å². The third kappa shape index (κ3) is 3.60. The standard InChI is InChI=1S/C13H17ClN2O4/c1-4-15(7-8(2)3)12-10(13(17)18)5-9(16(19)20)6-11(12)14/h5-6,8H,4,7H2,1-3H3,(H,17,18). The maximum atomic E-state index is 11.3. The zero-order chi connectivity index (χ0) is 15.4. The van der Waals surface area contributed by atoms with Gasteiger partial charge in [-0.05, 0) is 12.8 Å². The van der Waals surface area contributed by atoms with Crippen molar-refractivity contribution in [2.75, 3.05) is 18.0 Å². The van der Waals surface area contributed by atoms with E-state index < -0.39 is 10.9 Å². The van der Waals surface area contributed by atoms with Gasteiger partial charge in [-0.1, -0.05) is 25.4 Å². The highest BCUT2D eigenvalue weighted by atomic mass is 35.5. The first-order valence-corrected chi connectivity index (χ1v) is 6.61. The van der Waals surface area contributed by atoms with E-state index in [1.165, 1.54) is 6.07 Å². The molecule has 1 aromatic rings. The van der Waals surface area contributed by atoms with Crippen molar-refractivity contribution in [1.29, 1.82) is 0 Å². The van der Waals surface area contributed by atoms with E-state index in [0.717, 1.165) is 6.07 Å². The number of rotatable bonds is 6. The van der Waals surface area contributed by atoms with Gasteiger partial charge < -0.3 is 10.0 Å². The van der Waals surface area contributed by atoms with Crippen LogP contribution < -0.4 is 4.90 Å². The number of benzene rings is 1. The van der Waals surface area contributed by atoms with Crippen LogP contribution in [0.25, 0.3) is 0 Å². The molecular weight excluding hydrogens is 284 g/mol. The Morgan fingerprint density at radius 1 is 1.50 bits per heavy atom. The van der Waals surface area contributed by atoms with Crippen molar-refractivity contribution >= 4 is 28.9 Å². The molecule has 1 N–H and O–H groups in total. The lowest BCUT2D eigenvalue weighted by Crippen LogP contribution is -2.29. The molecule has 6 nitrogen and oxygen atoms in total. The Morgan fingerprint density at radius 3 is 2.50 bits per heavy atom. The molecule has 0 fully saturated rings. The van der Waals surface area contributed by atoms with Crippen molar-refractivity contribution < 1.29 is 14.8 Å². The Balaban J connectivity index is 3.43. The van der Waals surface area contributed by atoms with Crippen LogP contribution in [0.1, 0.15) is 31.1 Å². The van der Waals surface area contributed by atoms with Crippen LogP contribution in [0, 0.1) is 16.0 Å². The minimum atomic E-state index is -1.23. The van der Waals surface area contributed by atoms with Crippen molar-refractivity contribution in [3.8, 4) is 0 Å². The zero-order valence-corrected chi connectivity index (χ0v) is 12.3. The van der Waals surface area contributed by atoms with Gasteiger partial charge in [0.25, 0.3) is 5.69 Å². The van der Waals surface area contributed by atoms with Crippen LogP contribution in [-0.4, -0.2) is 29.1 Å². The summed E-state index contributed by atoms with van der Waals surface area (Å²) in [5, 5.41) is 20.1. The van der Waals surface area contributed by atoms with E-state index in [4.69, 9.17) is 11.6 Å². The number of carboxylic acid groups (broad SMARTS) is 1. The van der Waals surface area contributed by atoms with E-state index in [1.807, 2.05) is 25.7 Å². The summed E-state index contributed by atoms with van der Waals surface area (Å²) < 4.78 is 0. The van der Waals surface area contributed by atoms with Gasteiger partial charge in [-0.2, -0.15) is 0 Å². The van der Waals surface area contributed by atoms with Crippen molar-refractivity contribution in [1.82, 2.24) is 0 Å². The largest absolute Gasteiger partial charge is 0.478 e. The average Bonchev–Trinajstić information content (AvgIpc) is 2.34. The first-order valence-electron chi connectivity index (χ1n) is 6.24. The van der Waals surface area contributed by atoms with Crippen LogP contribution in [0.5, 0.6) is 0 Å². The minimum absolute atomic E-state index is 0.0825. The van der Waals surface area contributed by atoms with Crippen LogP contribution in [0.4, 0.5) is 11.4 Å². The lowest BCUT2D eigenvalue weighted by molar-refractivity contribution is -0.384. The van der Waals surface area contributed by atoms with Gasteiger partial charge in [0, 0.05) is 25.2 Å². The molecule has 0 saturated carbocycles. The molecule has 20 heavy (non-hydrogen) atoms. The number of non-ortho nitro benzene ring substituents is 1. The first kappa shape index (κ1) is 16.2. The molecule has 0 unspecified atom stereocenters. The molecule has 110 valence electrons. The molecule has 1 rings (SSSR count). The Bertz CT molecular complexity index is 531. The van der Waals surface area contributed by atoms with Gasteiger partial charge in [-0.3, -0.25) is 10.1 Å². The van der Waals surface area contributed by atoms with Crippen LogP contribution in [0.3, 0.4) is 0 Å². The second-order valence-corrected chi connectivity index (χ2v) is 5.23. The number of nitro groups is 1. The lowest BCUT2D eigenvalue weighted by atomic mass is 10.1. The predicted molar refractivity (Wildman–Crippen MR) is 77.8 cm³/mol. The van der Waals surface area contributed by atoms with E-state index in [2.05, 4.69) is 0 Å². The minimum Gasteiger partial charge on any atom is -0.478 e. The predicted octanol–water partition coefficient (Wildman–Crippen LogP) is 3.43. The number of carboxylic acids is 1. The average molecular weight is 301 g/mol. The third-order valence-corrected chi connectivity index (χ3v) is 3.06. The number of anilines is 1. The molecule has 0 heterocycles. The van der Waals surface area contributed by atoms with Gasteiger partial charge in [0.05, 0.1) is 21.2 Å². The van der Waals surface area contributed by atoms with Crippen LogP contribution >= 0.6 is 11.6 Å². The second-order valence-electron chi connectivity index (χ2n) is 4.82. The molecule has 0 aliphatic rings. The SMILES string of the molecule is CCN(CC(C)C)c1c(Cl)cc([N+](=O)[O-])cc1C(=O)O. The number of nitrogens with zero attached hydrogens (tertiary/aromatic N) is 2. The number of hydrogen-bond acceptors (Lipinski definition) is 4. The third-order valence-electron chi connectivity index (χ3n) is 2.77. The lowest BCUT2D eigenvalue weighted by Gasteiger charge is -2.27. The summed E-state index contributed by atoms with van der Waals surface area (Å²) in [6, 6.07) is 2.23. The topological polar surface area (TPSA) is 83.7 Å². The maximum absolute atomic E-state index is 11.3. The number of carbonyl (C=O) groups is 1. The Labute approximate surface area is 122 Å². The molecule has 7 heteroatoms. The summed E-state index contributed by atoms with van der Waals surface area (Å²) in [6.07, 6.45) is 0. The molecule has 0 aliphatic heterocycles. The number of halogens is 1. The summed E-state index contributed by atoms with van der Waals surface area (Å²) in [6.45, 7) is 7.07. The quantitative estimate of drug-likeness (QED) is 0.642. The van der Waals surface area contributed by atoms with Crippen molar-refractivity contribution in [3.05, 3.63) is 32.8 Å². The smallest absolute Gasteiger partial charge is 0.338 e. The monoisotopic (exact) mass is 300 g/mol. The van der Waals surface area contributed by atoms with Crippen molar-refractivity contribution in [2.45, 2.75) is 20.8 Å². The molecule has 0 amide bonds. The van der Waals surface area contributed by atoms with E-state index in [0.29, 0.717) is 24.7 Å². The second kappa shape index (κ2) is 6.56. The number of nitro benzene ring substituents is 1. The van der Waals surface area contributed by atoms with Crippen molar-refractivity contribution in [3.63, 3.8) is 0 Å². The fraction of sp³-hybridized carbons (Fsp3) is 0.462. The molecular formula is C13H17ClN2O4. The van der Waals surface area contributed by atoms with Gasteiger partial charge in [-0.25, -0.2) is 4.79 Å². The number of hydrogen-bond donors (Lipinski definition) is 1. The molecule has 0 atom stereocenters. The number of aromatic carboxylic acids is 1. The van der Waals surface area contributed by atoms with Crippen LogP contribution in [0.15, 0.2) is 12.1 Å². The molecule has 0 saturated heterocycles. The maximum Gasteiger partial charge on any atom is 0.338 e. The molecule has 0 aliphatic carbocycles. The van der Waals surface area contributed by atoms with E-state index >= 15 is 0 Å². The van der Waals surface area contributed by atoms with Gasteiger partial charge in [0.15, 0.2) is 0 Å². The normalized spacial score (nSPS) is 10.7. The highest BCUT2D eigenvalue weighted by molar-refractivity contribution is 6.34. The molecule has 0 aromatic heterocycles. The summed E-state index contributed by atoms with van der Waals surface area (Å²) in [7, 11) is 0. The summed E-state index contributed by atoms with van der Waals surface area (Å²) in [5.74, 6) is -0.921. The first-order chi connectivity index (χ1) is 9.27. The Hall–Kier alpha value is -1.82. The van der Waals surface area contributed by atoms with E-state index in [9.17, 15) is 20.0 Å². The molecule has 1 aromatic carbocycles. The van der Waals surface area contributed by atoms with Gasteiger partial charge >= 0.3 is 5.97 Å². The van der Waals surface area contributed by atoms with E-state index in [-0.39, 0.29) is 16.3 Å². The molecule has 0 bridgehead atoms. The molecule has 0 spiro atoms. The van der Waals surface area contributed by atoms with Crippen LogP contribution in [-0.2, 0) is 0 Å². The van der Waals surface area contributed by atoms with Crippen LogP contribution in [0.2, 0.25) is 5.02 Å². The summed E-state index contributed by atoms with van der Waals surface area (Å²) in [5.41, 5.74) is -0.135.